The summed E-state index contributed by atoms with van der Waals surface area (Å²) in [6.07, 6.45) is 2.19. The summed E-state index contributed by atoms with van der Waals surface area (Å²) in [7, 11) is 0. The van der Waals surface area contributed by atoms with Crippen LogP contribution >= 0.6 is 34.5 Å². The van der Waals surface area contributed by atoms with Crippen LogP contribution in [0.1, 0.15) is 34.4 Å². The quantitative estimate of drug-likeness (QED) is 0.780. The van der Waals surface area contributed by atoms with Crippen molar-refractivity contribution in [1.29, 1.82) is 0 Å². The molecule has 0 bridgehead atoms. The zero-order valence-corrected chi connectivity index (χ0v) is 13.4. The number of aromatic nitrogens is 4. The monoisotopic (exact) mass is 353 g/mol. The Morgan fingerprint density at radius 1 is 1.32 bits per heavy atom. The normalized spacial score (nSPS) is 14.5. The van der Waals surface area contributed by atoms with Gasteiger partial charge in [-0.2, -0.15) is 4.52 Å². The molecule has 22 heavy (non-hydrogen) atoms. The molecule has 1 fully saturated rings. The maximum Gasteiger partial charge on any atom is 0.286 e. The van der Waals surface area contributed by atoms with Crippen LogP contribution in [0.2, 0.25) is 10.0 Å². The number of amides is 1. The number of halogens is 2. The zero-order valence-electron chi connectivity index (χ0n) is 11.1. The van der Waals surface area contributed by atoms with E-state index in [4.69, 9.17) is 23.2 Å². The summed E-state index contributed by atoms with van der Waals surface area (Å²) in [5, 5.41) is 16.4. The molecular weight excluding hydrogens is 345 g/mol. The van der Waals surface area contributed by atoms with E-state index in [0.717, 1.165) is 18.7 Å². The van der Waals surface area contributed by atoms with Crippen LogP contribution in [0.15, 0.2) is 18.2 Å². The summed E-state index contributed by atoms with van der Waals surface area (Å²) in [6.45, 7) is 0. The van der Waals surface area contributed by atoms with Crippen molar-refractivity contribution >= 4 is 51.1 Å². The van der Waals surface area contributed by atoms with Gasteiger partial charge >= 0.3 is 0 Å². The van der Waals surface area contributed by atoms with Crippen molar-refractivity contribution in [2.24, 2.45) is 0 Å². The van der Waals surface area contributed by atoms with Crippen molar-refractivity contribution in [3.05, 3.63) is 39.1 Å². The molecule has 1 amide bonds. The molecular formula is C13H9Cl2N5OS. The number of anilines is 1. The van der Waals surface area contributed by atoms with Crippen molar-refractivity contribution in [2.75, 3.05) is 5.32 Å². The summed E-state index contributed by atoms with van der Waals surface area (Å²) in [5.74, 6) is 0.892. The third kappa shape index (κ3) is 2.45. The van der Waals surface area contributed by atoms with E-state index in [0.29, 0.717) is 31.6 Å². The SMILES string of the molecule is O=C(Nc1cc(Cl)ccc1Cl)c1nn2c(C3CC3)nnc2s1. The molecule has 3 aromatic rings. The smallest absolute Gasteiger partial charge is 0.286 e. The van der Waals surface area contributed by atoms with Crippen LogP contribution < -0.4 is 5.32 Å². The van der Waals surface area contributed by atoms with Gasteiger partial charge in [0.1, 0.15) is 0 Å². The van der Waals surface area contributed by atoms with E-state index < -0.39 is 0 Å². The third-order valence-electron chi connectivity index (χ3n) is 3.33. The highest BCUT2D eigenvalue weighted by atomic mass is 35.5. The third-order valence-corrected chi connectivity index (χ3v) is 4.79. The van der Waals surface area contributed by atoms with Crippen molar-refractivity contribution in [2.45, 2.75) is 18.8 Å². The first-order chi connectivity index (χ1) is 10.6. The Morgan fingerprint density at radius 3 is 2.91 bits per heavy atom. The summed E-state index contributed by atoms with van der Waals surface area (Å²) >= 11 is 13.1. The second-order valence-corrected chi connectivity index (χ2v) is 6.81. The number of nitrogens with zero attached hydrogens (tertiary/aromatic N) is 4. The molecule has 0 aliphatic heterocycles. The van der Waals surface area contributed by atoms with Crippen LogP contribution in [0.3, 0.4) is 0 Å². The van der Waals surface area contributed by atoms with E-state index in [2.05, 4.69) is 20.6 Å². The van der Waals surface area contributed by atoms with Gasteiger partial charge in [0.05, 0.1) is 10.7 Å². The molecule has 1 aliphatic rings. The zero-order chi connectivity index (χ0) is 15.3. The molecule has 2 heterocycles. The number of rotatable bonds is 3. The average Bonchev–Trinajstić information content (AvgIpc) is 3.10. The van der Waals surface area contributed by atoms with Gasteiger partial charge in [-0.3, -0.25) is 4.79 Å². The number of nitrogens with one attached hydrogen (secondary N) is 1. The molecule has 9 heteroatoms. The van der Waals surface area contributed by atoms with Gasteiger partial charge in [0, 0.05) is 10.9 Å². The molecule has 2 aromatic heterocycles. The highest BCUT2D eigenvalue weighted by Gasteiger charge is 2.30. The van der Waals surface area contributed by atoms with E-state index in [1.165, 1.54) is 11.3 Å². The number of hydrogen-bond acceptors (Lipinski definition) is 5. The first-order valence-electron chi connectivity index (χ1n) is 6.60. The molecule has 0 atom stereocenters. The molecule has 0 radical (unpaired) electrons. The van der Waals surface area contributed by atoms with E-state index in [9.17, 15) is 4.79 Å². The van der Waals surface area contributed by atoms with Crippen molar-refractivity contribution in [1.82, 2.24) is 19.8 Å². The van der Waals surface area contributed by atoms with E-state index in [1.54, 1.807) is 22.7 Å². The molecule has 0 unspecified atom stereocenters. The summed E-state index contributed by atoms with van der Waals surface area (Å²) in [4.78, 5) is 12.9. The summed E-state index contributed by atoms with van der Waals surface area (Å²) in [5.41, 5.74) is 0.451. The lowest BCUT2D eigenvalue weighted by Crippen LogP contribution is -2.12. The fraction of sp³-hybridized carbons (Fsp3) is 0.231. The summed E-state index contributed by atoms with van der Waals surface area (Å²) in [6, 6.07) is 4.88. The molecule has 1 N–H and O–H groups in total. The van der Waals surface area contributed by atoms with Gasteiger partial charge in [-0.15, -0.1) is 15.3 Å². The average molecular weight is 354 g/mol. The highest BCUT2D eigenvalue weighted by molar-refractivity contribution is 7.18. The molecule has 112 valence electrons. The fourth-order valence-electron chi connectivity index (χ4n) is 2.09. The van der Waals surface area contributed by atoms with Gasteiger partial charge in [-0.25, -0.2) is 0 Å². The molecule has 4 rings (SSSR count). The van der Waals surface area contributed by atoms with Crippen LogP contribution in [0.25, 0.3) is 4.96 Å². The van der Waals surface area contributed by atoms with Gasteiger partial charge in [-0.1, -0.05) is 34.5 Å². The van der Waals surface area contributed by atoms with E-state index >= 15 is 0 Å². The van der Waals surface area contributed by atoms with Crippen LogP contribution in [0.4, 0.5) is 5.69 Å². The lowest BCUT2D eigenvalue weighted by Gasteiger charge is -2.05. The van der Waals surface area contributed by atoms with Crippen molar-refractivity contribution < 1.29 is 4.79 Å². The van der Waals surface area contributed by atoms with Crippen molar-refractivity contribution in [3.63, 3.8) is 0 Å². The molecule has 0 spiro atoms. The van der Waals surface area contributed by atoms with Gasteiger partial charge < -0.3 is 5.32 Å². The maximum atomic E-state index is 12.3. The predicted molar refractivity (Wildman–Crippen MR) is 85.0 cm³/mol. The van der Waals surface area contributed by atoms with Crippen LogP contribution in [0, 0.1) is 0 Å². The van der Waals surface area contributed by atoms with Gasteiger partial charge in [0.2, 0.25) is 9.97 Å². The molecule has 6 nitrogen and oxygen atoms in total. The Bertz CT molecular complexity index is 886. The lowest BCUT2D eigenvalue weighted by atomic mass is 10.3. The lowest BCUT2D eigenvalue weighted by molar-refractivity contribution is 0.102. The minimum atomic E-state index is -0.346. The van der Waals surface area contributed by atoms with Crippen LogP contribution in [-0.4, -0.2) is 25.7 Å². The number of fused-ring (bicyclic) bond motifs is 1. The minimum absolute atomic E-state index is 0.308. The Kier molecular flexibility index (Phi) is 3.28. The second kappa shape index (κ2) is 5.19. The Morgan fingerprint density at radius 2 is 2.14 bits per heavy atom. The van der Waals surface area contributed by atoms with Crippen LogP contribution in [0.5, 0.6) is 0 Å². The highest BCUT2D eigenvalue weighted by Crippen LogP contribution is 2.39. The molecule has 1 aromatic carbocycles. The molecule has 1 aliphatic carbocycles. The van der Waals surface area contributed by atoms with E-state index in [1.807, 2.05) is 0 Å². The van der Waals surface area contributed by atoms with Crippen molar-refractivity contribution in [3.8, 4) is 0 Å². The summed E-state index contributed by atoms with van der Waals surface area (Å²) < 4.78 is 1.65. The second-order valence-electron chi connectivity index (χ2n) is 5.01. The Labute approximate surface area is 139 Å². The minimum Gasteiger partial charge on any atom is -0.318 e. The topological polar surface area (TPSA) is 72.2 Å². The standard InChI is InChI=1S/C13H9Cl2N5OS/c14-7-3-4-8(15)9(5-7)16-11(21)12-19-20-10(6-1-2-6)17-18-13(20)22-12/h3-6H,1-2H2,(H,16,21). The van der Waals surface area contributed by atoms with E-state index in [-0.39, 0.29) is 5.91 Å². The first-order valence-corrected chi connectivity index (χ1v) is 8.17. The Hall–Kier alpha value is -1.70. The predicted octanol–water partition coefficient (Wildman–Crippen LogP) is 3.62. The number of carbonyl (C=O) groups is 1. The first kappa shape index (κ1) is 13.9. The molecule has 0 saturated heterocycles. The largest absolute Gasteiger partial charge is 0.318 e. The molecule has 1 saturated carbocycles. The number of hydrogen-bond donors (Lipinski definition) is 1. The van der Waals surface area contributed by atoms with Crippen LogP contribution in [-0.2, 0) is 0 Å². The maximum absolute atomic E-state index is 12.3. The number of benzene rings is 1. The van der Waals surface area contributed by atoms with Gasteiger partial charge in [0.15, 0.2) is 5.82 Å². The van der Waals surface area contributed by atoms with Gasteiger partial charge in [0.25, 0.3) is 5.91 Å². The fourth-order valence-corrected chi connectivity index (χ4v) is 3.17. The van der Waals surface area contributed by atoms with Gasteiger partial charge in [-0.05, 0) is 31.0 Å². The Balaban J connectivity index is 1.63. The number of carbonyl (C=O) groups excluding carboxylic acids is 1.